The Labute approximate surface area is 90.8 Å². The van der Waals surface area contributed by atoms with Gasteiger partial charge in [0.15, 0.2) is 0 Å². The van der Waals surface area contributed by atoms with Crippen molar-refractivity contribution in [2.24, 2.45) is 0 Å². The molecule has 0 N–H and O–H groups in total. The normalized spacial score (nSPS) is 10.7. The lowest BCUT2D eigenvalue weighted by molar-refractivity contribution is 0.150. The van der Waals surface area contributed by atoms with Crippen molar-refractivity contribution in [3.8, 4) is 5.69 Å². The molecule has 0 amide bonds. The molecule has 1 aromatic carbocycles. The minimum atomic E-state index is -2.57. The van der Waals surface area contributed by atoms with Gasteiger partial charge in [0.2, 0.25) is 0 Å². The standard InChI is InChI=1S/C12H9F2NO/c13-12(14)9-6-7-11(16)15(8-9)10-4-2-1-3-5-10/h1-8,12H. The lowest BCUT2D eigenvalue weighted by Crippen LogP contribution is -2.17. The number of nitrogens with zero attached hydrogens (tertiary/aromatic N) is 1. The van der Waals surface area contributed by atoms with Gasteiger partial charge in [0.05, 0.1) is 0 Å². The summed E-state index contributed by atoms with van der Waals surface area (Å²) >= 11 is 0. The topological polar surface area (TPSA) is 22.0 Å². The van der Waals surface area contributed by atoms with Gasteiger partial charge in [0, 0.05) is 23.5 Å². The van der Waals surface area contributed by atoms with Gasteiger partial charge < -0.3 is 0 Å². The molecule has 0 unspecified atom stereocenters. The summed E-state index contributed by atoms with van der Waals surface area (Å²) in [5, 5.41) is 0. The summed E-state index contributed by atoms with van der Waals surface area (Å²) in [7, 11) is 0. The molecule has 0 aliphatic heterocycles. The van der Waals surface area contributed by atoms with Gasteiger partial charge in [-0.05, 0) is 18.2 Å². The van der Waals surface area contributed by atoms with E-state index in [9.17, 15) is 13.6 Å². The van der Waals surface area contributed by atoms with Gasteiger partial charge in [0.25, 0.3) is 12.0 Å². The molecule has 0 bridgehead atoms. The third-order valence-corrected chi connectivity index (χ3v) is 2.22. The molecule has 0 radical (unpaired) electrons. The fourth-order valence-electron chi connectivity index (χ4n) is 1.42. The van der Waals surface area contributed by atoms with Crippen LogP contribution < -0.4 is 5.56 Å². The van der Waals surface area contributed by atoms with E-state index in [0.29, 0.717) is 5.69 Å². The van der Waals surface area contributed by atoms with Crippen LogP contribution >= 0.6 is 0 Å². The van der Waals surface area contributed by atoms with E-state index in [1.165, 1.54) is 10.8 Å². The summed E-state index contributed by atoms with van der Waals surface area (Å²) in [6.45, 7) is 0. The SMILES string of the molecule is O=c1ccc(C(F)F)cn1-c1ccccc1. The van der Waals surface area contributed by atoms with Crippen LogP contribution in [0.4, 0.5) is 8.78 Å². The molecule has 0 spiro atoms. The van der Waals surface area contributed by atoms with Crippen molar-refractivity contribution in [1.82, 2.24) is 4.57 Å². The van der Waals surface area contributed by atoms with Crippen molar-refractivity contribution in [1.29, 1.82) is 0 Å². The Morgan fingerprint density at radius 2 is 1.69 bits per heavy atom. The van der Waals surface area contributed by atoms with Gasteiger partial charge in [0.1, 0.15) is 0 Å². The van der Waals surface area contributed by atoms with Crippen molar-refractivity contribution in [3.05, 3.63) is 64.6 Å². The predicted octanol–water partition coefficient (Wildman–Crippen LogP) is 2.78. The number of rotatable bonds is 2. The fraction of sp³-hybridized carbons (Fsp3) is 0.0833. The van der Waals surface area contributed by atoms with Gasteiger partial charge in [-0.3, -0.25) is 9.36 Å². The van der Waals surface area contributed by atoms with E-state index < -0.39 is 6.43 Å². The Balaban J connectivity index is 2.56. The minimum absolute atomic E-state index is 0.163. The second-order valence-corrected chi connectivity index (χ2v) is 3.31. The molecule has 1 heterocycles. The maximum absolute atomic E-state index is 12.5. The molecule has 2 rings (SSSR count). The number of hydrogen-bond acceptors (Lipinski definition) is 1. The van der Waals surface area contributed by atoms with Crippen LogP contribution in [-0.4, -0.2) is 4.57 Å². The van der Waals surface area contributed by atoms with E-state index >= 15 is 0 Å². The van der Waals surface area contributed by atoms with Gasteiger partial charge in [-0.2, -0.15) is 0 Å². The second kappa shape index (κ2) is 4.26. The fourth-order valence-corrected chi connectivity index (χ4v) is 1.42. The van der Waals surface area contributed by atoms with E-state index in [4.69, 9.17) is 0 Å². The summed E-state index contributed by atoms with van der Waals surface area (Å²) in [6, 6.07) is 11.0. The van der Waals surface area contributed by atoms with E-state index in [1.807, 2.05) is 0 Å². The van der Waals surface area contributed by atoms with Crippen molar-refractivity contribution in [3.63, 3.8) is 0 Å². The highest BCUT2D eigenvalue weighted by Gasteiger charge is 2.08. The average Bonchev–Trinajstić information content (AvgIpc) is 2.30. The number of para-hydroxylation sites is 1. The number of halogens is 2. The Kier molecular flexibility index (Phi) is 2.81. The average molecular weight is 221 g/mol. The number of pyridine rings is 1. The van der Waals surface area contributed by atoms with Gasteiger partial charge in [-0.15, -0.1) is 0 Å². The summed E-state index contributed by atoms with van der Waals surface area (Å²) in [6.07, 6.45) is -1.40. The molecular weight excluding hydrogens is 212 g/mol. The van der Waals surface area contributed by atoms with Crippen molar-refractivity contribution < 1.29 is 8.78 Å². The molecule has 1 aromatic heterocycles. The van der Waals surface area contributed by atoms with Crippen LogP contribution in [0.3, 0.4) is 0 Å². The summed E-state index contributed by atoms with van der Waals surface area (Å²) < 4.78 is 26.2. The van der Waals surface area contributed by atoms with Crippen LogP contribution in [0.1, 0.15) is 12.0 Å². The molecule has 2 aromatic rings. The van der Waals surface area contributed by atoms with Crippen molar-refractivity contribution in [2.75, 3.05) is 0 Å². The monoisotopic (exact) mass is 221 g/mol. The first-order valence-electron chi connectivity index (χ1n) is 4.74. The molecule has 0 aliphatic rings. The number of benzene rings is 1. The minimum Gasteiger partial charge on any atom is -0.284 e. The lowest BCUT2D eigenvalue weighted by atomic mass is 10.2. The van der Waals surface area contributed by atoms with E-state index in [-0.39, 0.29) is 11.1 Å². The largest absolute Gasteiger partial charge is 0.284 e. The summed E-state index contributed by atoms with van der Waals surface area (Å²) in [5.74, 6) is 0. The zero-order valence-electron chi connectivity index (χ0n) is 8.31. The van der Waals surface area contributed by atoms with Crippen LogP contribution in [-0.2, 0) is 0 Å². The molecule has 0 saturated carbocycles. The van der Waals surface area contributed by atoms with Crippen molar-refractivity contribution in [2.45, 2.75) is 6.43 Å². The van der Waals surface area contributed by atoms with Crippen LogP contribution in [0.5, 0.6) is 0 Å². The van der Waals surface area contributed by atoms with E-state index in [0.717, 1.165) is 12.1 Å². The third-order valence-electron chi connectivity index (χ3n) is 2.22. The first kappa shape index (κ1) is 10.5. The number of alkyl halides is 2. The molecule has 0 atom stereocenters. The molecular formula is C12H9F2NO. The zero-order valence-corrected chi connectivity index (χ0v) is 8.31. The number of hydrogen-bond donors (Lipinski definition) is 0. The Morgan fingerprint density at radius 1 is 1.00 bits per heavy atom. The Hall–Kier alpha value is -1.97. The van der Waals surface area contributed by atoms with Gasteiger partial charge >= 0.3 is 0 Å². The molecule has 16 heavy (non-hydrogen) atoms. The van der Waals surface area contributed by atoms with Crippen LogP contribution in [0, 0.1) is 0 Å². The molecule has 0 aliphatic carbocycles. The maximum Gasteiger partial charge on any atom is 0.265 e. The second-order valence-electron chi connectivity index (χ2n) is 3.31. The molecule has 82 valence electrons. The highest BCUT2D eigenvalue weighted by molar-refractivity contribution is 5.32. The summed E-state index contributed by atoms with van der Waals surface area (Å²) in [4.78, 5) is 11.5. The van der Waals surface area contributed by atoms with Gasteiger partial charge in [-0.1, -0.05) is 18.2 Å². The predicted molar refractivity (Wildman–Crippen MR) is 57.0 cm³/mol. The first-order valence-corrected chi connectivity index (χ1v) is 4.74. The van der Waals surface area contributed by atoms with Crippen LogP contribution in [0.2, 0.25) is 0 Å². The Morgan fingerprint density at radius 3 is 2.31 bits per heavy atom. The van der Waals surface area contributed by atoms with Crippen LogP contribution in [0.15, 0.2) is 53.5 Å². The smallest absolute Gasteiger partial charge is 0.265 e. The van der Waals surface area contributed by atoms with E-state index in [1.54, 1.807) is 30.3 Å². The quantitative estimate of drug-likeness (QED) is 0.764. The number of aromatic nitrogens is 1. The zero-order chi connectivity index (χ0) is 11.5. The highest BCUT2D eigenvalue weighted by atomic mass is 19.3. The maximum atomic E-state index is 12.5. The van der Waals surface area contributed by atoms with Crippen molar-refractivity contribution >= 4 is 0 Å². The molecule has 0 saturated heterocycles. The highest BCUT2D eigenvalue weighted by Crippen LogP contribution is 2.17. The Bertz CT molecular complexity index is 534. The lowest BCUT2D eigenvalue weighted by Gasteiger charge is -2.07. The third kappa shape index (κ3) is 2.00. The van der Waals surface area contributed by atoms with E-state index in [2.05, 4.69) is 0 Å². The first-order chi connectivity index (χ1) is 7.68. The summed E-state index contributed by atoms with van der Waals surface area (Å²) in [5.41, 5.74) is 0.0917. The van der Waals surface area contributed by atoms with Gasteiger partial charge in [-0.25, -0.2) is 8.78 Å². The van der Waals surface area contributed by atoms with Crippen LogP contribution in [0.25, 0.3) is 5.69 Å². The molecule has 2 nitrogen and oxygen atoms in total. The molecule has 4 heteroatoms. The molecule has 0 fully saturated rings.